The molecular formula is C30H29ClN2O4S. The first-order chi connectivity index (χ1) is 18.4. The average Bonchev–Trinajstić information content (AvgIpc) is 2.93. The Morgan fingerprint density at radius 3 is 2.29 bits per heavy atom. The van der Waals surface area contributed by atoms with Crippen LogP contribution in [0.4, 0.5) is 0 Å². The second kappa shape index (κ2) is 12.8. The van der Waals surface area contributed by atoms with Crippen LogP contribution in [0.5, 0.6) is 0 Å². The Morgan fingerprint density at radius 2 is 1.61 bits per heavy atom. The van der Waals surface area contributed by atoms with Crippen LogP contribution in [-0.2, 0) is 20.0 Å². The maximum absolute atomic E-state index is 12.9. The maximum Gasteiger partial charge on any atom is 0.338 e. The van der Waals surface area contributed by atoms with Crippen LogP contribution in [0.3, 0.4) is 0 Å². The summed E-state index contributed by atoms with van der Waals surface area (Å²) in [5.74, 6) is -0.0365. The molecule has 196 valence electrons. The largest absolute Gasteiger partial charge is 0.463 e. The van der Waals surface area contributed by atoms with E-state index < -0.39 is 6.04 Å². The van der Waals surface area contributed by atoms with Crippen molar-refractivity contribution < 1.29 is 19.1 Å². The SMILES string of the molecule is CCOC(=O)C1=C(C)NC(SCc2ccc(Cl)cc2)=NC1c1ccc(-c2cccc(C(=O)OCC)c2)cc1. The molecule has 8 heteroatoms. The monoisotopic (exact) mass is 548 g/mol. The van der Waals surface area contributed by atoms with Crippen molar-refractivity contribution in [3.05, 3.63) is 106 Å². The molecule has 0 amide bonds. The first kappa shape index (κ1) is 27.5. The van der Waals surface area contributed by atoms with Gasteiger partial charge in [-0.05, 0) is 67.3 Å². The number of hydrogen-bond donors (Lipinski definition) is 1. The summed E-state index contributed by atoms with van der Waals surface area (Å²) in [7, 11) is 0. The molecule has 1 heterocycles. The van der Waals surface area contributed by atoms with Gasteiger partial charge in [0.05, 0.1) is 24.4 Å². The third-order valence-electron chi connectivity index (χ3n) is 5.94. The lowest BCUT2D eigenvalue weighted by molar-refractivity contribution is -0.138. The minimum absolute atomic E-state index is 0.278. The maximum atomic E-state index is 12.9. The minimum Gasteiger partial charge on any atom is -0.463 e. The average molecular weight is 549 g/mol. The molecule has 1 aliphatic heterocycles. The van der Waals surface area contributed by atoms with Gasteiger partial charge in [0.2, 0.25) is 0 Å². The van der Waals surface area contributed by atoms with Crippen LogP contribution in [0.2, 0.25) is 5.02 Å². The zero-order valence-corrected chi connectivity index (χ0v) is 23.1. The molecule has 1 unspecified atom stereocenters. The molecule has 1 atom stereocenters. The van der Waals surface area contributed by atoms with Crippen LogP contribution in [0.25, 0.3) is 11.1 Å². The van der Waals surface area contributed by atoms with E-state index in [1.807, 2.05) is 73.7 Å². The molecule has 1 N–H and O–H groups in total. The fraction of sp³-hybridized carbons (Fsp3) is 0.233. The second-order valence-corrected chi connectivity index (χ2v) is 9.96. The normalized spacial score (nSPS) is 14.9. The summed E-state index contributed by atoms with van der Waals surface area (Å²) in [5.41, 5.74) is 5.52. The van der Waals surface area contributed by atoms with Crippen molar-refractivity contribution >= 4 is 40.5 Å². The lowest BCUT2D eigenvalue weighted by atomic mass is 9.94. The summed E-state index contributed by atoms with van der Waals surface area (Å²) in [6.07, 6.45) is 0. The number of hydrogen-bond acceptors (Lipinski definition) is 7. The standard InChI is InChI=1S/C30H29ClN2O4S/c1-4-36-28(34)24-8-6-7-23(17-24)21-11-13-22(14-12-21)27-26(29(35)37-5-2)19(3)32-30(33-27)38-18-20-9-15-25(31)16-10-20/h6-17,27H,4-5,18H2,1-3H3,(H,32,33). The van der Waals surface area contributed by atoms with Gasteiger partial charge in [-0.2, -0.15) is 0 Å². The zero-order valence-electron chi connectivity index (χ0n) is 21.5. The fourth-order valence-corrected chi connectivity index (χ4v) is 5.09. The zero-order chi connectivity index (χ0) is 27.1. The molecule has 0 saturated heterocycles. The van der Waals surface area contributed by atoms with E-state index >= 15 is 0 Å². The number of nitrogens with zero attached hydrogens (tertiary/aromatic N) is 1. The van der Waals surface area contributed by atoms with Gasteiger partial charge < -0.3 is 14.8 Å². The Kier molecular flexibility index (Phi) is 9.26. The van der Waals surface area contributed by atoms with E-state index in [1.165, 1.54) is 0 Å². The van der Waals surface area contributed by atoms with E-state index in [1.54, 1.807) is 31.7 Å². The van der Waals surface area contributed by atoms with Crippen molar-refractivity contribution in [2.24, 2.45) is 4.99 Å². The molecule has 0 aromatic heterocycles. The van der Waals surface area contributed by atoms with Crippen molar-refractivity contribution in [2.75, 3.05) is 13.2 Å². The highest BCUT2D eigenvalue weighted by Crippen LogP contribution is 2.34. The summed E-state index contributed by atoms with van der Waals surface area (Å²) in [6, 6.07) is 22.4. The van der Waals surface area contributed by atoms with Crippen LogP contribution >= 0.6 is 23.4 Å². The van der Waals surface area contributed by atoms with Gasteiger partial charge in [0, 0.05) is 16.5 Å². The molecule has 1 aliphatic rings. The van der Waals surface area contributed by atoms with Gasteiger partial charge in [0.1, 0.15) is 6.04 Å². The first-order valence-electron chi connectivity index (χ1n) is 12.4. The molecule has 0 aliphatic carbocycles. The predicted molar refractivity (Wildman–Crippen MR) is 153 cm³/mol. The first-order valence-corrected chi connectivity index (χ1v) is 13.7. The van der Waals surface area contributed by atoms with Crippen molar-refractivity contribution in [2.45, 2.75) is 32.6 Å². The molecule has 38 heavy (non-hydrogen) atoms. The third-order valence-corrected chi connectivity index (χ3v) is 7.15. The Bertz CT molecular complexity index is 1370. The lowest BCUT2D eigenvalue weighted by Crippen LogP contribution is -2.30. The van der Waals surface area contributed by atoms with E-state index in [0.29, 0.717) is 34.2 Å². The van der Waals surface area contributed by atoms with Gasteiger partial charge in [0.15, 0.2) is 5.17 Å². The molecular weight excluding hydrogens is 520 g/mol. The predicted octanol–water partition coefficient (Wildman–Crippen LogP) is 6.95. The van der Waals surface area contributed by atoms with Gasteiger partial charge in [-0.3, -0.25) is 0 Å². The van der Waals surface area contributed by atoms with Crippen LogP contribution in [0.1, 0.15) is 48.3 Å². The highest BCUT2D eigenvalue weighted by Gasteiger charge is 2.30. The number of halogens is 1. The number of aliphatic imine (C=N–C) groups is 1. The van der Waals surface area contributed by atoms with Gasteiger partial charge in [-0.25, -0.2) is 14.6 Å². The fourth-order valence-electron chi connectivity index (χ4n) is 4.07. The van der Waals surface area contributed by atoms with Crippen molar-refractivity contribution in [1.29, 1.82) is 0 Å². The molecule has 3 aromatic rings. The Hall–Kier alpha value is -3.55. The van der Waals surface area contributed by atoms with Crippen LogP contribution in [-0.4, -0.2) is 30.3 Å². The summed E-state index contributed by atoms with van der Waals surface area (Å²) in [4.78, 5) is 30.0. The highest BCUT2D eigenvalue weighted by molar-refractivity contribution is 8.13. The Morgan fingerprint density at radius 1 is 0.921 bits per heavy atom. The van der Waals surface area contributed by atoms with E-state index in [0.717, 1.165) is 27.4 Å². The number of rotatable bonds is 8. The van der Waals surface area contributed by atoms with Crippen LogP contribution < -0.4 is 5.32 Å². The number of benzene rings is 3. The van der Waals surface area contributed by atoms with Gasteiger partial charge in [0.25, 0.3) is 0 Å². The number of ether oxygens (including phenoxy) is 2. The minimum atomic E-state index is -0.511. The Balaban J connectivity index is 1.61. The Labute approximate surface area is 232 Å². The number of amidine groups is 1. The summed E-state index contributed by atoms with van der Waals surface area (Å²) in [5, 5.41) is 4.69. The van der Waals surface area contributed by atoms with E-state index in [4.69, 9.17) is 26.1 Å². The van der Waals surface area contributed by atoms with Crippen molar-refractivity contribution in [1.82, 2.24) is 5.32 Å². The molecule has 0 bridgehead atoms. The summed E-state index contributed by atoms with van der Waals surface area (Å²) < 4.78 is 10.5. The van der Waals surface area contributed by atoms with Crippen molar-refractivity contribution in [3.63, 3.8) is 0 Å². The number of allylic oxidation sites excluding steroid dienone is 1. The highest BCUT2D eigenvalue weighted by atomic mass is 35.5. The van der Waals surface area contributed by atoms with E-state index in [-0.39, 0.29) is 18.5 Å². The quantitative estimate of drug-likeness (QED) is 0.307. The smallest absolute Gasteiger partial charge is 0.338 e. The molecule has 0 fully saturated rings. The number of carbonyl (C=O) groups excluding carboxylic acids is 2. The second-order valence-electron chi connectivity index (χ2n) is 8.56. The lowest BCUT2D eigenvalue weighted by Gasteiger charge is -2.26. The molecule has 0 saturated carbocycles. The summed E-state index contributed by atoms with van der Waals surface area (Å²) in [6.45, 7) is 6.04. The van der Waals surface area contributed by atoms with E-state index in [2.05, 4.69) is 5.32 Å². The molecule has 0 spiro atoms. The molecule has 3 aromatic carbocycles. The number of carbonyl (C=O) groups is 2. The van der Waals surface area contributed by atoms with Gasteiger partial charge in [-0.1, -0.05) is 71.9 Å². The van der Waals surface area contributed by atoms with Crippen LogP contribution in [0.15, 0.2) is 89.1 Å². The molecule has 6 nitrogen and oxygen atoms in total. The van der Waals surface area contributed by atoms with Crippen molar-refractivity contribution in [3.8, 4) is 11.1 Å². The summed E-state index contributed by atoms with van der Waals surface area (Å²) >= 11 is 7.57. The third kappa shape index (κ3) is 6.65. The number of esters is 2. The van der Waals surface area contributed by atoms with Crippen LogP contribution in [0, 0.1) is 0 Å². The molecule has 4 rings (SSSR count). The number of thioether (sulfide) groups is 1. The molecule has 0 radical (unpaired) electrons. The topological polar surface area (TPSA) is 77.0 Å². The number of nitrogens with one attached hydrogen (secondary N) is 1. The van der Waals surface area contributed by atoms with E-state index in [9.17, 15) is 9.59 Å². The van der Waals surface area contributed by atoms with Gasteiger partial charge >= 0.3 is 11.9 Å². The van der Waals surface area contributed by atoms with Gasteiger partial charge in [-0.15, -0.1) is 0 Å².